The van der Waals surface area contributed by atoms with E-state index in [1.54, 1.807) is 12.3 Å². The minimum atomic E-state index is -0.177. The molecule has 1 amide bonds. The van der Waals surface area contributed by atoms with Crippen molar-refractivity contribution < 1.29 is 9.90 Å². The van der Waals surface area contributed by atoms with E-state index in [9.17, 15) is 9.90 Å². The van der Waals surface area contributed by atoms with Crippen LogP contribution in [0.5, 0.6) is 0 Å². The number of amides is 1. The van der Waals surface area contributed by atoms with E-state index >= 15 is 0 Å². The molecule has 3 aromatic rings. The van der Waals surface area contributed by atoms with E-state index in [1.807, 2.05) is 54.6 Å². The van der Waals surface area contributed by atoms with E-state index in [1.165, 1.54) is 6.08 Å². The van der Waals surface area contributed by atoms with Crippen molar-refractivity contribution >= 4 is 22.9 Å². The smallest absolute Gasteiger partial charge is 0.244 e. The molecule has 0 unspecified atom stereocenters. The Morgan fingerprint density at radius 1 is 1.04 bits per heavy atom. The minimum Gasteiger partial charge on any atom is -0.392 e. The number of hydrogen-bond donors (Lipinski definition) is 2. The van der Waals surface area contributed by atoms with Crippen LogP contribution < -0.4 is 5.32 Å². The fraction of sp³-hybridized carbons (Fsp3) is 0.100. The van der Waals surface area contributed by atoms with Crippen molar-refractivity contribution in [1.82, 2.24) is 10.3 Å². The van der Waals surface area contributed by atoms with Gasteiger partial charge in [-0.2, -0.15) is 0 Å². The number of para-hydroxylation sites is 1. The van der Waals surface area contributed by atoms with Crippen molar-refractivity contribution in [2.45, 2.75) is 13.2 Å². The highest BCUT2D eigenvalue weighted by molar-refractivity contribution is 5.95. The average Bonchev–Trinajstić information content (AvgIpc) is 2.64. The topological polar surface area (TPSA) is 62.2 Å². The molecular formula is C20H18N2O2. The molecule has 4 heteroatoms. The van der Waals surface area contributed by atoms with Gasteiger partial charge in [-0.05, 0) is 34.9 Å². The third-order valence-electron chi connectivity index (χ3n) is 3.84. The second-order valence-electron chi connectivity index (χ2n) is 5.40. The molecule has 0 spiro atoms. The molecule has 0 saturated heterocycles. The normalized spacial score (nSPS) is 11.0. The summed E-state index contributed by atoms with van der Waals surface area (Å²) in [4.78, 5) is 16.4. The minimum absolute atomic E-state index is 0.0368. The quantitative estimate of drug-likeness (QED) is 0.711. The first-order valence-electron chi connectivity index (χ1n) is 7.75. The van der Waals surface area contributed by atoms with Gasteiger partial charge in [0.2, 0.25) is 5.91 Å². The van der Waals surface area contributed by atoms with Crippen LogP contribution in [-0.2, 0) is 17.9 Å². The van der Waals surface area contributed by atoms with Crippen molar-refractivity contribution in [3.05, 3.63) is 83.6 Å². The van der Waals surface area contributed by atoms with Gasteiger partial charge in [0.05, 0.1) is 12.1 Å². The number of pyridine rings is 1. The van der Waals surface area contributed by atoms with Gasteiger partial charge in [-0.3, -0.25) is 9.78 Å². The van der Waals surface area contributed by atoms with Crippen LogP contribution in [0.15, 0.2) is 66.9 Å². The van der Waals surface area contributed by atoms with Gasteiger partial charge >= 0.3 is 0 Å². The van der Waals surface area contributed by atoms with E-state index < -0.39 is 0 Å². The molecule has 0 aliphatic rings. The molecule has 24 heavy (non-hydrogen) atoms. The maximum atomic E-state index is 12.0. The van der Waals surface area contributed by atoms with E-state index in [-0.39, 0.29) is 12.5 Å². The number of aromatic nitrogens is 1. The lowest BCUT2D eigenvalue weighted by Crippen LogP contribution is -2.21. The summed E-state index contributed by atoms with van der Waals surface area (Å²) in [5.74, 6) is -0.177. The van der Waals surface area contributed by atoms with E-state index in [2.05, 4.69) is 10.3 Å². The number of fused-ring (bicyclic) bond motifs is 1. The first-order valence-corrected chi connectivity index (χ1v) is 7.75. The molecule has 0 saturated carbocycles. The molecule has 2 aromatic carbocycles. The summed E-state index contributed by atoms with van der Waals surface area (Å²) >= 11 is 0. The highest BCUT2D eigenvalue weighted by Gasteiger charge is 2.03. The summed E-state index contributed by atoms with van der Waals surface area (Å²) in [5, 5.41) is 13.2. The van der Waals surface area contributed by atoms with Gasteiger partial charge in [-0.15, -0.1) is 0 Å². The largest absolute Gasteiger partial charge is 0.392 e. The summed E-state index contributed by atoms with van der Waals surface area (Å²) in [5.41, 5.74) is 3.58. The van der Waals surface area contributed by atoms with E-state index in [4.69, 9.17) is 0 Å². The van der Waals surface area contributed by atoms with Crippen LogP contribution >= 0.6 is 0 Å². The van der Waals surface area contributed by atoms with Gasteiger partial charge < -0.3 is 10.4 Å². The first-order chi connectivity index (χ1) is 11.8. The fourth-order valence-electron chi connectivity index (χ4n) is 2.55. The lowest BCUT2D eigenvalue weighted by atomic mass is 10.1. The molecule has 120 valence electrons. The Labute approximate surface area is 140 Å². The Balaban J connectivity index is 1.69. The van der Waals surface area contributed by atoms with Crippen LogP contribution in [0.25, 0.3) is 17.0 Å². The van der Waals surface area contributed by atoms with Gasteiger partial charge in [-0.25, -0.2) is 0 Å². The number of carbonyl (C=O) groups is 1. The summed E-state index contributed by atoms with van der Waals surface area (Å²) in [6.45, 7) is 0.349. The zero-order chi connectivity index (χ0) is 16.8. The number of aliphatic hydroxyl groups is 1. The molecule has 0 atom stereocenters. The first kappa shape index (κ1) is 15.9. The van der Waals surface area contributed by atoms with Crippen LogP contribution in [0.4, 0.5) is 0 Å². The van der Waals surface area contributed by atoms with Crippen molar-refractivity contribution in [2.75, 3.05) is 0 Å². The number of hydrogen-bond acceptors (Lipinski definition) is 3. The fourth-order valence-corrected chi connectivity index (χ4v) is 2.55. The molecule has 3 rings (SSSR count). The van der Waals surface area contributed by atoms with Crippen LogP contribution in [0.1, 0.15) is 16.7 Å². The third kappa shape index (κ3) is 3.67. The van der Waals surface area contributed by atoms with Crippen molar-refractivity contribution in [3.63, 3.8) is 0 Å². The Hall–Kier alpha value is -2.98. The Morgan fingerprint density at radius 3 is 2.62 bits per heavy atom. The van der Waals surface area contributed by atoms with Crippen molar-refractivity contribution in [2.24, 2.45) is 0 Å². The number of benzene rings is 2. The molecule has 2 N–H and O–H groups in total. The number of rotatable bonds is 5. The van der Waals surface area contributed by atoms with Crippen molar-refractivity contribution in [1.29, 1.82) is 0 Å². The average molecular weight is 318 g/mol. The van der Waals surface area contributed by atoms with Gasteiger partial charge in [0.1, 0.15) is 0 Å². The summed E-state index contributed by atoms with van der Waals surface area (Å²) < 4.78 is 0. The molecule has 0 bridgehead atoms. The third-order valence-corrected chi connectivity index (χ3v) is 3.84. The summed E-state index contributed by atoms with van der Waals surface area (Å²) in [6.07, 6.45) is 5.04. The molecule has 4 nitrogen and oxygen atoms in total. The Kier molecular flexibility index (Phi) is 4.99. The zero-order valence-corrected chi connectivity index (χ0v) is 13.1. The van der Waals surface area contributed by atoms with Crippen LogP contribution in [0, 0.1) is 0 Å². The maximum Gasteiger partial charge on any atom is 0.244 e. The summed E-state index contributed by atoms with van der Waals surface area (Å²) in [6, 6.07) is 17.2. The summed E-state index contributed by atoms with van der Waals surface area (Å²) in [7, 11) is 0. The molecule has 0 aliphatic heterocycles. The van der Waals surface area contributed by atoms with Gasteiger partial charge in [-0.1, -0.05) is 42.5 Å². The number of nitrogens with zero attached hydrogens (tertiary/aromatic N) is 1. The van der Waals surface area contributed by atoms with E-state index in [0.29, 0.717) is 6.54 Å². The monoisotopic (exact) mass is 318 g/mol. The number of carbonyl (C=O) groups excluding carboxylic acids is 1. The van der Waals surface area contributed by atoms with Crippen LogP contribution in [0.3, 0.4) is 0 Å². The molecule has 1 heterocycles. The highest BCUT2D eigenvalue weighted by Crippen LogP contribution is 2.17. The highest BCUT2D eigenvalue weighted by atomic mass is 16.3. The van der Waals surface area contributed by atoms with Gasteiger partial charge in [0.25, 0.3) is 0 Å². The molecule has 0 aliphatic carbocycles. The molecular weight excluding hydrogens is 300 g/mol. The van der Waals surface area contributed by atoms with Crippen LogP contribution in [0.2, 0.25) is 0 Å². The lowest BCUT2D eigenvalue weighted by Gasteiger charge is -2.07. The Bertz CT molecular complexity index is 882. The zero-order valence-electron chi connectivity index (χ0n) is 13.1. The SMILES string of the molecule is O=C(/C=C/c1ccnc2ccccc12)NCc1ccccc1CO. The lowest BCUT2D eigenvalue weighted by molar-refractivity contribution is -0.116. The second-order valence-corrected chi connectivity index (χ2v) is 5.40. The van der Waals surface area contributed by atoms with Crippen molar-refractivity contribution in [3.8, 4) is 0 Å². The standard InChI is InChI=1S/C20H18N2O2/c23-14-17-6-2-1-5-16(17)13-22-20(24)10-9-15-11-12-21-19-8-4-3-7-18(15)19/h1-12,23H,13-14H2,(H,22,24)/b10-9+. The molecule has 1 aromatic heterocycles. The molecule has 0 fully saturated rings. The van der Waals surface area contributed by atoms with Crippen LogP contribution in [-0.4, -0.2) is 16.0 Å². The Morgan fingerprint density at radius 2 is 1.79 bits per heavy atom. The predicted octanol–water partition coefficient (Wildman–Crippen LogP) is 3.06. The maximum absolute atomic E-state index is 12.0. The van der Waals surface area contributed by atoms with E-state index in [0.717, 1.165) is 27.6 Å². The van der Waals surface area contributed by atoms with Gasteiger partial charge in [0, 0.05) is 24.2 Å². The second kappa shape index (κ2) is 7.53. The predicted molar refractivity (Wildman–Crippen MR) is 95.0 cm³/mol. The number of aliphatic hydroxyl groups excluding tert-OH is 1. The molecule has 0 radical (unpaired) electrons. The van der Waals surface area contributed by atoms with Gasteiger partial charge in [0.15, 0.2) is 0 Å². The number of nitrogens with one attached hydrogen (secondary N) is 1.